The van der Waals surface area contributed by atoms with Gasteiger partial charge in [0.05, 0.1) is 39.4 Å². The third kappa shape index (κ3) is 5.08. The lowest BCUT2D eigenvalue weighted by Gasteiger charge is -2.51. The Bertz CT molecular complexity index is 3080. The van der Waals surface area contributed by atoms with Crippen LogP contribution in [0.1, 0.15) is 22.3 Å². The molecule has 0 radical (unpaired) electrons. The number of benzene rings is 8. The van der Waals surface area contributed by atoms with Crippen LogP contribution in [-0.4, -0.2) is 15.0 Å². The minimum atomic E-state index is -0.636. The van der Waals surface area contributed by atoms with E-state index in [4.69, 9.17) is 15.0 Å². The number of fused-ring (bicyclic) bond motifs is 9. The third-order valence-corrected chi connectivity index (χ3v) is 12.9. The number of hydrogen-bond acceptors (Lipinski definition) is 6. The largest absolute Gasteiger partial charge is 0.310 e. The monoisotopic (exact) mass is 785 g/mol. The van der Waals surface area contributed by atoms with Crippen LogP contribution in [0, 0.1) is 0 Å². The molecule has 0 amide bonds. The summed E-state index contributed by atoms with van der Waals surface area (Å²) in [5.74, 6) is 1.90. The molecule has 0 bridgehead atoms. The average Bonchev–Trinajstić information content (AvgIpc) is 3.81. The first-order valence-corrected chi connectivity index (χ1v) is 21.1. The second-order valence-corrected chi connectivity index (χ2v) is 16.1. The molecule has 0 unspecified atom stereocenters. The number of anilines is 6. The number of rotatable bonds is 5. The van der Waals surface area contributed by atoms with Gasteiger partial charge in [-0.1, -0.05) is 152 Å². The Balaban J connectivity index is 1.15. The van der Waals surface area contributed by atoms with Gasteiger partial charge in [-0.3, -0.25) is 0 Å². The normalized spacial score (nSPS) is 13.4. The molecular formula is C54H35N5S. The Morgan fingerprint density at radius 3 is 1.27 bits per heavy atom. The molecule has 60 heavy (non-hydrogen) atoms. The van der Waals surface area contributed by atoms with Crippen molar-refractivity contribution < 1.29 is 0 Å². The molecule has 4 heterocycles. The summed E-state index contributed by atoms with van der Waals surface area (Å²) in [7, 11) is 0. The predicted octanol–water partition coefficient (Wildman–Crippen LogP) is 14.0. The van der Waals surface area contributed by atoms with Crippen molar-refractivity contribution in [3.63, 3.8) is 0 Å². The summed E-state index contributed by atoms with van der Waals surface area (Å²) in [6.45, 7) is 0. The van der Waals surface area contributed by atoms with Crippen LogP contribution in [0.3, 0.4) is 0 Å². The molecule has 0 atom stereocenters. The Morgan fingerprint density at radius 2 is 0.767 bits per heavy atom. The van der Waals surface area contributed by atoms with Crippen LogP contribution >= 0.6 is 11.3 Å². The Labute approximate surface area is 352 Å². The third-order valence-electron chi connectivity index (χ3n) is 12.0. The molecule has 0 saturated carbocycles. The summed E-state index contributed by atoms with van der Waals surface area (Å²) in [6, 6.07) is 73.7. The molecule has 5 nitrogen and oxygen atoms in total. The van der Waals surface area contributed by atoms with Crippen LogP contribution in [0.4, 0.5) is 34.1 Å². The highest BCUT2D eigenvalue weighted by Crippen LogP contribution is 2.64. The lowest BCUT2D eigenvalue weighted by atomic mass is 9.60. The Kier molecular flexibility index (Phi) is 7.86. The number of aromatic nitrogens is 3. The van der Waals surface area contributed by atoms with E-state index in [0.717, 1.165) is 56.2 Å². The van der Waals surface area contributed by atoms with Crippen LogP contribution < -0.4 is 9.80 Å². The number of hydrogen-bond donors (Lipinski definition) is 0. The van der Waals surface area contributed by atoms with Crippen LogP contribution in [0.5, 0.6) is 0 Å². The van der Waals surface area contributed by atoms with Crippen LogP contribution in [0.25, 0.3) is 44.2 Å². The van der Waals surface area contributed by atoms with Crippen molar-refractivity contribution in [1.29, 1.82) is 0 Å². The van der Waals surface area contributed by atoms with Gasteiger partial charge in [0.25, 0.3) is 0 Å². The molecule has 282 valence electrons. The fraction of sp³-hybridized carbons (Fsp3) is 0.0185. The first-order chi connectivity index (χ1) is 29.8. The zero-order valence-corrected chi connectivity index (χ0v) is 33.2. The predicted molar refractivity (Wildman–Crippen MR) is 246 cm³/mol. The van der Waals surface area contributed by atoms with Gasteiger partial charge in [0.15, 0.2) is 17.5 Å². The molecule has 10 aromatic rings. The minimum absolute atomic E-state index is 0.629. The molecule has 2 aliphatic heterocycles. The zero-order valence-electron chi connectivity index (χ0n) is 32.4. The maximum Gasteiger partial charge on any atom is 0.166 e. The standard InChI is InChI=1S/C54H35N5S/c1-4-18-36(19-5-1)51-55-52(37-20-6-2-7-21-37)57-53(56-51)50-39-34-35-60-49(39)33-32-48(50)59-46-30-16-12-26-42(46)54(43-27-13-17-31-47(43)59)40-24-10-14-28-44(40)58(38-22-8-3-9-23-38)45-29-15-11-25-41(45)54/h1-35H. The highest BCUT2D eigenvalue weighted by molar-refractivity contribution is 7.17. The van der Waals surface area contributed by atoms with Crippen molar-refractivity contribution >= 4 is 55.5 Å². The lowest BCUT2D eigenvalue weighted by Crippen LogP contribution is -2.42. The molecule has 0 aliphatic carbocycles. The van der Waals surface area contributed by atoms with E-state index in [1.54, 1.807) is 11.3 Å². The van der Waals surface area contributed by atoms with Crippen LogP contribution in [0.2, 0.25) is 0 Å². The summed E-state index contributed by atoms with van der Waals surface area (Å²) < 4.78 is 1.17. The second-order valence-electron chi connectivity index (χ2n) is 15.2. The van der Waals surface area contributed by atoms with Gasteiger partial charge in [-0.25, -0.2) is 15.0 Å². The summed E-state index contributed by atoms with van der Waals surface area (Å²) >= 11 is 1.73. The fourth-order valence-electron chi connectivity index (χ4n) is 9.56. The van der Waals surface area contributed by atoms with Crippen molar-refractivity contribution in [3.8, 4) is 34.2 Å². The van der Waals surface area contributed by atoms with E-state index in [1.165, 1.54) is 27.0 Å². The van der Waals surface area contributed by atoms with Crippen molar-refractivity contribution in [1.82, 2.24) is 15.0 Å². The van der Waals surface area contributed by atoms with Gasteiger partial charge in [-0.2, -0.15) is 0 Å². The van der Waals surface area contributed by atoms with Gasteiger partial charge in [-0.15, -0.1) is 11.3 Å². The molecule has 0 fully saturated rings. The van der Waals surface area contributed by atoms with E-state index in [9.17, 15) is 0 Å². The molecule has 2 aromatic heterocycles. The van der Waals surface area contributed by atoms with Gasteiger partial charge >= 0.3 is 0 Å². The summed E-state index contributed by atoms with van der Waals surface area (Å²) in [6.07, 6.45) is 0. The summed E-state index contributed by atoms with van der Waals surface area (Å²) in [5, 5.41) is 3.26. The van der Waals surface area contributed by atoms with Crippen molar-refractivity contribution in [2.24, 2.45) is 0 Å². The average molecular weight is 786 g/mol. The van der Waals surface area contributed by atoms with E-state index in [1.807, 2.05) is 36.4 Å². The first kappa shape index (κ1) is 34.4. The SMILES string of the molecule is c1ccc(-c2nc(-c3ccccc3)nc(-c3c(N4c5ccccc5C5(c6ccccc6N(c6ccccc6)c6ccccc65)c5ccccc54)ccc4sccc34)n2)cc1. The maximum atomic E-state index is 5.33. The van der Waals surface area contributed by atoms with Crippen molar-refractivity contribution in [2.45, 2.75) is 5.41 Å². The molecule has 0 saturated heterocycles. The summed E-state index contributed by atoms with van der Waals surface area (Å²) in [5.41, 5.74) is 13.7. The molecule has 1 spiro atoms. The van der Waals surface area contributed by atoms with Crippen molar-refractivity contribution in [3.05, 3.63) is 234 Å². The smallest absolute Gasteiger partial charge is 0.166 e. The van der Waals surface area contributed by atoms with Gasteiger partial charge in [-0.05, 0) is 82.2 Å². The van der Waals surface area contributed by atoms with Gasteiger partial charge in [0.1, 0.15) is 0 Å². The molecule has 2 aliphatic rings. The summed E-state index contributed by atoms with van der Waals surface area (Å²) in [4.78, 5) is 20.6. The number of para-hydroxylation sites is 5. The van der Waals surface area contributed by atoms with E-state index < -0.39 is 5.41 Å². The fourth-order valence-corrected chi connectivity index (χ4v) is 10.4. The van der Waals surface area contributed by atoms with E-state index in [0.29, 0.717) is 17.5 Å². The Morgan fingerprint density at radius 1 is 0.350 bits per heavy atom. The second kappa shape index (κ2) is 13.7. The molecule has 12 rings (SSSR count). The molecule has 8 aromatic carbocycles. The van der Waals surface area contributed by atoms with Gasteiger partial charge < -0.3 is 9.80 Å². The lowest BCUT2D eigenvalue weighted by molar-refractivity contribution is 0.719. The quantitative estimate of drug-likeness (QED) is 0.174. The number of thiophene rings is 1. The van der Waals surface area contributed by atoms with E-state index in [2.05, 4.69) is 185 Å². The molecule has 0 N–H and O–H groups in total. The topological polar surface area (TPSA) is 45.2 Å². The highest BCUT2D eigenvalue weighted by atomic mass is 32.1. The molecule has 6 heteroatoms. The van der Waals surface area contributed by atoms with Gasteiger partial charge in [0.2, 0.25) is 0 Å². The maximum absolute atomic E-state index is 5.33. The van der Waals surface area contributed by atoms with Crippen LogP contribution in [-0.2, 0) is 5.41 Å². The number of nitrogens with zero attached hydrogens (tertiary/aromatic N) is 5. The van der Waals surface area contributed by atoms with Crippen molar-refractivity contribution in [2.75, 3.05) is 9.80 Å². The van der Waals surface area contributed by atoms with E-state index >= 15 is 0 Å². The first-order valence-electron chi connectivity index (χ1n) is 20.2. The highest BCUT2D eigenvalue weighted by Gasteiger charge is 2.51. The van der Waals surface area contributed by atoms with E-state index in [-0.39, 0.29) is 0 Å². The molecular weight excluding hydrogens is 751 g/mol. The zero-order chi connectivity index (χ0) is 39.6. The minimum Gasteiger partial charge on any atom is -0.310 e. The van der Waals surface area contributed by atoms with Gasteiger partial charge in [0, 0.05) is 26.9 Å². The Hall–Kier alpha value is -7.67. The van der Waals surface area contributed by atoms with Crippen LogP contribution in [0.15, 0.2) is 212 Å².